The largest absolute Gasteiger partial charge is 0.384 e. The van der Waals surface area contributed by atoms with Gasteiger partial charge in [-0.25, -0.2) is 8.42 Å². The van der Waals surface area contributed by atoms with Crippen LogP contribution in [0.25, 0.3) is 0 Å². The molecular formula is C13H17NO4S2. The number of aliphatic hydroxyl groups excluding tert-OH is 1. The average molecular weight is 315 g/mol. The molecule has 2 N–H and O–H groups in total. The van der Waals surface area contributed by atoms with Crippen LogP contribution in [0.4, 0.5) is 0 Å². The van der Waals surface area contributed by atoms with Gasteiger partial charge in [0.25, 0.3) is 5.91 Å². The first-order chi connectivity index (χ1) is 9.17. The Morgan fingerprint density at radius 3 is 2.65 bits per heavy atom. The molecule has 0 aromatic carbocycles. The third kappa shape index (κ3) is 4.34. The number of amides is 1. The van der Waals surface area contributed by atoms with E-state index in [1.165, 1.54) is 11.3 Å². The van der Waals surface area contributed by atoms with E-state index >= 15 is 0 Å². The molecule has 0 bridgehead atoms. The minimum atomic E-state index is -3.25. The smallest absolute Gasteiger partial charge is 0.261 e. The van der Waals surface area contributed by atoms with Crippen molar-refractivity contribution in [3.05, 3.63) is 21.9 Å². The fourth-order valence-electron chi connectivity index (χ4n) is 1.17. The summed E-state index contributed by atoms with van der Waals surface area (Å²) in [6.45, 7) is 2.94. The maximum atomic E-state index is 11.9. The molecule has 0 atom stereocenters. The van der Waals surface area contributed by atoms with E-state index in [1.54, 1.807) is 26.0 Å². The van der Waals surface area contributed by atoms with Gasteiger partial charge >= 0.3 is 0 Å². The second-order valence-corrected chi connectivity index (χ2v) is 8.57. The molecule has 1 rings (SSSR count). The predicted molar refractivity (Wildman–Crippen MR) is 79.5 cm³/mol. The Balaban J connectivity index is 2.71. The zero-order chi connectivity index (χ0) is 15.4. The van der Waals surface area contributed by atoms with Gasteiger partial charge in [0.05, 0.1) is 14.5 Å². The molecule has 0 saturated carbocycles. The molecule has 0 aliphatic carbocycles. The third-order valence-electron chi connectivity index (χ3n) is 2.80. The van der Waals surface area contributed by atoms with Crippen LogP contribution >= 0.6 is 11.3 Å². The first kappa shape index (κ1) is 16.7. The molecule has 1 heterocycles. The third-order valence-corrected chi connectivity index (χ3v) is 5.95. The van der Waals surface area contributed by atoms with Gasteiger partial charge in [-0.05, 0) is 26.0 Å². The fourth-order valence-corrected chi connectivity index (χ4v) is 2.30. The maximum Gasteiger partial charge on any atom is 0.261 e. The number of carbonyl (C=O) groups is 1. The van der Waals surface area contributed by atoms with Gasteiger partial charge in [-0.15, -0.1) is 11.3 Å². The predicted octanol–water partition coefficient (Wildman–Crippen LogP) is 0.645. The van der Waals surface area contributed by atoms with Crippen LogP contribution in [-0.2, 0) is 9.84 Å². The standard InChI is InChI=1S/C13H17NO4S2/c1-13(2,20(3,17)18)9-14-12(16)11-7-6-10(19-11)5-4-8-15/h6-7,15H,8-9H2,1-3H3,(H,14,16). The van der Waals surface area contributed by atoms with Crippen molar-refractivity contribution in [1.29, 1.82) is 0 Å². The van der Waals surface area contributed by atoms with Crippen molar-refractivity contribution in [3.63, 3.8) is 0 Å². The van der Waals surface area contributed by atoms with Gasteiger partial charge in [0.1, 0.15) is 6.61 Å². The SMILES string of the molecule is CC(C)(CNC(=O)c1ccc(C#CCO)s1)S(C)(=O)=O. The normalized spacial score (nSPS) is 11.6. The van der Waals surface area contributed by atoms with Crippen LogP contribution in [0.5, 0.6) is 0 Å². The van der Waals surface area contributed by atoms with E-state index < -0.39 is 14.6 Å². The van der Waals surface area contributed by atoms with Gasteiger partial charge in [-0.3, -0.25) is 4.79 Å². The highest BCUT2D eigenvalue weighted by molar-refractivity contribution is 7.92. The second-order valence-electron chi connectivity index (χ2n) is 4.84. The van der Waals surface area contributed by atoms with Crippen LogP contribution in [0.1, 0.15) is 28.4 Å². The highest BCUT2D eigenvalue weighted by Gasteiger charge is 2.30. The van der Waals surface area contributed by atoms with Crippen LogP contribution in [0, 0.1) is 11.8 Å². The van der Waals surface area contributed by atoms with Crippen molar-refractivity contribution in [3.8, 4) is 11.8 Å². The molecule has 0 aliphatic heterocycles. The van der Waals surface area contributed by atoms with Crippen molar-refractivity contribution >= 4 is 27.1 Å². The van der Waals surface area contributed by atoms with Crippen molar-refractivity contribution in [1.82, 2.24) is 5.32 Å². The van der Waals surface area contributed by atoms with Crippen LogP contribution in [0.15, 0.2) is 12.1 Å². The first-order valence-corrected chi connectivity index (χ1v) is 8.55. The molecule has 1 aromatic rings. The Morgan fingerprint density at radius 1 is 1.45 bits per heavy atom. The van der Waals surface area contributed by atoms with Gasteiger partial charge in [0.15, 0.2) is 9.84 Å². The molecule has 20 heavy (non-hydrogen) atoms. The molecule has 5 nitrogen and oxygen atoms in total. The summed E-state index contributed by atoms with van der Waals surface area (Å²) in [6, 6.07) is 3.30. The summed E-state index contributed by atoms with van der Waals surface area (Å²) < 4.78 is 22.1. The number of carbonyl (C=O) groups excluding carboxylic acids is 1. The van der Waals surface area contributed by atoms with E-state index in [-0.39, 0.29) is 19.1 Å². The van der Waals surface area contributed by atoms with Gasteiger partial charge in [-0.2, -0.15) is 0 Å². The fraction of sp³-hybridized carbons (Fsp3) is 0.462. The second kappa shape index (κ2) is 6.39. The lowest BCUT2D eigenvalue weighted by molar-refractivity contribution is 0.0954. The van der Waals surface area contributed by atoms with Crippen molar-refractivity contribution in [2.75, 3.05) is 19.4 Å². The van der Waals surface area contributed by atoms with Gasteiger partial charge in [0.2, 0.25) is 0 Å². The van der Waals surface area contributed by atoms with E-state index in [1.807, 2.05) is 0 Å². The van der Waals surface area contributed by atoms with Crippen molar-refractivity contribution < 1.29 is 18.3 Å². The molecule has 0 unspecified atom stereocenters. The average Bonchev–Trinajstić information content (AvgIpc) is 2.81. The van der Waals surface area contributed by atoms with E-state index in [2.05, 4.69) is 17.2 Å². The number of hydrogen-bond acceptors (Lipinski definition) is 5. The number of hydrogen-bond donors (Lipinski definition) is 2. The lowest BCUT2D eigenvalue weighted by Crippen LogP contribution is -2.43. The van der Waals surface area contributed by atoms with E-state index in [0.29, 0.717) is 9.75 Å². The summed E-state index contributed by atoms with van der Waals surface area (Å²) in [7, 11) is -3.25. The zero-order valence-electron chi connectivity index (χ0n) is 11.6. The van der Waals surface area contributed by atoms with Gasteiger partial charge < -0.3 is 10.4 Å². The summed E-state index contributed by atoms with van der Waals surface area (Å²) in [6.07, 6.45) is 1.15. The highest BCUT2D eigenvalue weighted by atomic mass is 32.2. The highest BCUT2D eigenvalue weighted by Crippen LogP contribution is 2.17. The summed E-state index contributed by atoms with van der Waals surface area (Å²) in [5.74, 6) is 4.88. The van der Waals surface area contributed by atoms with Crippen LogP contribution in [0.2, 0.25) is 0 Å². The molecule has 110 valence electrons. The van der Waals surface area contributed by atoms with Gasteiger partial charge in [0, 0.05) is 12.8 Å². The van der Waals surface area contributed by atoms with E-state index in [4.69, 9.17) is 5.11 Å². The van der Waals surface area contributed by atoms with E-state index in [9.17, 15) is 13.2 Å². The van der Waals surface area contributed by atoms with Gasteiger partial charge in [-0.1, -0.05) is 11.8 Å². The molecule has 0 aliphatic rings. The number of thiophene rings is 1. The molecule has 0 fully saturated rings. The van der Waals surface area contributed by atoms with Crippen molar-refractivity contribution in [2.24, 2.45) is 0 Å². The molecule has 1 aromatic heterocycles. The Bertz CT molecular complexity index is 647. The Kier molecular flexibility index (Phi) is 5.34. The van der Waals surface area contributed by atoms with Crippen molar-refractivity contribution in [2.45, 2.75) is 18.6 Å². The van der Waals surface area contributed by atoms with Crippen LogP contribution < -0.4 is 5.32 Å². The number of nitrogens with one attached hydrogen (secondary N) is 1. The lowest BCUT2D eigenvalue weighted by Gasteiger charge is -2.22. The summed E-state index contributed by atoms with van der Waals surface area (Å²) in [5.41, 5.74) is 0. The molecule has 7 heteroatoms. The summed E-state index contributed by atoms with van der Waals surface area (Å²) in [4.78, 5) is 13.0. The number of sulfone groups is 1. The minimum Gasteiger partial charge on any atom is -0.384 e. The quantitative estimate of drug-likeness (QED) is 0.799. The number of rotatable bonds is 4. The Morgan fingerprint density at radius 2 is 2.10 bits per heavy atom. The molecular weight excluding hydrogens is 298 g/mol. The monoisotopic (exact) mass is 315 g/mol. The Hall–Kier alpha value is -1.36. The summed E-state index contributed by atoms with van der Waals surface area (Å²) in [5, 5.41) is 11.2. The Labute approximate surface area is 122 Å². The molecule has 0 saturated heterocycles. The lowest BCUT2D eigenvalue weighted by atomic mass is 10.2. The minimum absolute atomic E-state index is 0.0419. The maximum absolute atomic E-state index is 11.9. The zero-order valence-corrected chi connectivity index (χ0v) is 13.2. The molecule has 1 amide bonds. The topological polar surface area (TPSA) is 83.5 Å². The first-order valence-electron chi connectivity index (χ1n) is 5.85. The summed E-state index contributed by atoms with van der Waals surface area (Å²) >= 11 is 1.19. The van der Waals surface area contributed by atoms with Crippen LogP contribution in [-0.4, -0.2) is 43.6 Å². The molecule has 0 radical (unpaired) electrons. The van der Waals surface area contributed by atoms with Crippen LogP contribution in [0.3, 0.4) is 0 Å². The number of aliphatic hydroxyl groups is 1. The van der Waals surface area contributed by atoms with E-state index in [0.717, 1.165) is 6.26 Å². The molecule has 0 spiro atoms.